The van der Waals surface area contributed by atoms with Crippen molar-refractivity contribution < 1.29 is 27.4 Å². The summed E-state index contributed by atoms with van der Waals surface area (Å²) >= 11 is 0. The van der Waals surface area contributed by atoms with Gasteiger partial charge in [-0.05, 0) is 37.7 Å². The molecule has 11 heteroatoms. The molecule has 2 aliphatic carbocycles. The molecule has 2 saturated carbocycles. The first-order valence-corrected chi connectivity index (χ1v) is 12.2. The second kappa shape index (κ2) is 10.1. The molecule has 192 valence electrons. The molecule has 1 aromatic carbocycles. The summed E-state index contributed by atoms with van der Waals surface area (Å²) in [6.07, 6.45) is 1.97. The number of aromatic nitrogens is 2. The molecule has 1 aliphatic heterocycles. The SMILES string of the molecule is N#Cc1cnc(NCc2ccccc2OC(F)(F)F)nc1NCC1C[C@H]2CCC[C@@H](C1)C21OCCO1. The molecule has 5 rings (SSSR count). The first-order valence-electron chi connectivity index (χ1n) is 12.2. The molecule has 1 aromatic heterocycles. The van der Waals surface area contributed by atoms with E-state index in [0.29, 0.717) is 54.5 Å². The van der Waals surface area contributed by atoms with E-state index >= 15 is 0 Å². The van der Waals surface area contributed by atoms with Crippen LogP contribution in [0.2, 0.25) is 0 Å². The van der Waals surface area contributed by atoms with E-state index in [-0.39, 0.29) is 18.2 Å². The summed E-state index contributed by atoms with van der Waals surface area (Å²) in [5, 5.41) is 15.8. The van der Waals surface area contributed by atoms with Crippen LogP contribution in [0.15, 0.2) is 30.5 Å². The Morgan fingerprint density at radius 2 is 1.83 bits per heavy atom. The van der Waals surface area contributed by atoms with Gasteiger partial charge in [0, 0.05) is 30.5 Å². The van der Waals surface area contributed by atoms with Crippen LogP contribution in [0.4, 0.5) is 24.9 Å². The smallest absolute Gasteiger partial charge is 0.405 e. The van der Waals surface area contributed by atoms with Gasteiger partial charge in [0.15, 0.2) is 5.79 Å². The van der Waals surface area contributed by atoms with Crippen LogP contribution in [0.25, 0.3) is 0 Å². The van der Waals surface area contributed by atoms with Gasteiger partial charge in [-0.3, -0.25) is 0 Å². The Hall–Kier alpha value is -3.10. The number of benzene rings is 1. The molecular weight excluding hydrogens is 475 g/mol. The third kappa shape index (κ3) is 5.20. The number of anilines is 2. The van der Waals surface area contributed by atoms with Crippen molar-refractivity contribution in [1.82, 2.24) is 9.97 Å². The molecule has 1 spiro atoms. The van der Waals surface area contributed by atoms with Crippen molar-refractivity contribution in [2.45, 2.75) is 50.8 Å². The van der Waals surface area contributed by atoms with E-state index in [4.69, 9.17) is 9.47 Å². The molecule has 1 unspecified atom stereocenters. The van der Waals surface area contributed by atoms with Gasteiger partial charge in [0.05, 0.1) is 19.4 Å². The molecule has 3 aliphatic rings. The predicted octanol–water partition coefficient (Wildman–Crippen LogP) is 4.84. The van der Waals surface area contributed by atoms with Gasteiger partial charge in [-0.1, -0.05) is 24.6 Å². The Morgan fingerprint density at radius 3 is 2.53 bits per heavy atom. The van der Waals surface area contributed by atoms with Crippen molar-refractivity contribution in [3.05, 3.63) is 41.6 Å². The first-order chi connectivity index (χ1) is 17.4. The lowest BCUT2D eigenvalue weighted by atomic mass is 9.63. The highest BCUT2D eigenvalue weighted by Gasteiger charge is 2.55. The number of para-hydroxylation sites is 1. The number of hydrogen-bond donors (Lipinski definition) is 2. The number of halogens is 3. The molecule has 36 heavy (non-hydrogen) atoms. The van der Waals surface area contributed by atoms with Crippen LogP contribution in [0.5, 0.6) is 5.75 Å². The van der Waals surface area contributed by atoms with Crippen LogP contribution in [0.1, 0.15) is 43.2 Å². The molecule has 2 heterocycles. The summed E-state index contributed by atoms with van der Waals surface area (Å²) in [7, 11) is 0. The van der Waals surface area contributed by atoms with E-state index in [1.54, 1.807) is 6.07 Å². The van der Waals surface area contributed by atoms with E-state index in [1.165, 1.54) is 30.8 Å². The minimum Gasteiger partial charge on any atom is -0.405 e. The quantitative estimate of drug-likeness (QED) is 0.554. The molecule has 8 nitrogen and oxygen atoms in total. The van der Waals surface area contributed by atoms with Crippen molar-refractivity contribution in [3.63, 3.8) is 0 Å². The second-order valence-electron chi connectivity index (χ2n) is 9.54. The van der Waals surface area contributed by atoms with Gasteiger partial charge in [0.25, 0.3) is 0 Å². The Kier molecular flexibility index (Phi) is 6.90. The Balaban J connectivity index is 1.23. The van der Waals surface area contributed by atoms with Crippen LogP contribution >= 0.6 is 0 Å². The highest BCUT2D eigenvalue weighted by atomic mass is 19.4. The molecular formula is C25H28F3N5O3. The molecule has 0 radical (unpaired) electrons. The predicted molar refractivity (Wildman–Crippen MR) is 124 cm³/mol. The lowest BCUT2D eigenvalue weighted by molar-refractivity contribution is -0.274. The van der Waals surface area contributed by atoms with Crippen LogP contribution < -0.4 is 15.4 Å². The second-order valence-corrected chi connectivity index (χ2v) is 9.54. The van der Waals surface area contributed by atoms with Gasteiger partial charge < -0.3 is 24.8 Å². The fraction of sp³-hybridized carbons (Fsp3) is 0.560. The lowest BCUT2D eigenvalue weighted by Crippen LogP contribution is -2.54. The Morgan fingerprint density at radius 1 is 1.11 bits per heavy atom. The van der Waals surface area contributed by atoms with Crippen molar-refractivity contribution >= 4 is 11.8 Å². The number of nitrogens with zero attached hydrogens (tertiary/aromatic N) is 3. The van der Waals surface area contributed by atoms with Crippen molar-refractivity contribution in [2.24, 2.45) is 17.8 Å². The maximum atomic E-state index is 12.7. The Labute approximate surface area is 207 Å². The summed E-state index contributed by atoms with van der Waals surface area (Å²) in [5.74, 6) is 1.03. The molecule has 1 saturated heterocycles. The zero-order valence-electron chi connectivity index (χ0n) is 19.7. The summed E-state index contributed by atoms with van der Waals surface area (Å²) in [6, 6.07) is 7.97. The fourth-order valence-electron chi connectivity index (χ4n) is 5.87. The average Bonchev–Trinajstić information content (AvgIpc) is 3.31. The van der Waals surface area contributed by atoms with Crippen LogP contribution in [-0.4, -0.2) is 41.9 Å². The van der Waals surface area contributed by atoms with Crippen molar-refractivity contribution in [2.75, 3.05) is 30.4 Å². The number of rotatable bonds is 7. The molecule has 2 bridgehead atoms. The minimum absolute atomic E-state index is 0.0195. The number of alkyl halides is 3. The maximum absolute atomic E-state index is 12.7. The monoisotopic (exact) mass is 503 g/mol. The van der Waals surface area contributed by atoms with E-state index in [1.807, 2.05) is 0 Å². The third-order valence-electron chi connectivity index (χ3n) is 7.32. The molecule has 0 amide bonds. The van der Waals surface area contributed by atoms with Gasteiger partial charge in [-0.15, -0.1) is 13.2 Å². The molecule has 2 N–H and O–H groups in total. The highest BCUT2D eigenvalue weighted by Crippen LogP contribution is 2.53. The maximum Gasteiger partial charge on any atom is 0.573 e. The third-order valence-corrected chi connectivity index (χ3v) is 7.32. The number of hydrogen-bond acceptors (Lipinski definition) is 8. The zero-order chi connectivity index (χ0) is 25.2. The van der Waals surface area contributed by atoms with E-state index in [9.17, 15) is 18.4 Å². The fourth-order valence-corrected chi connectivity index (χ4v) is 5.87. The number of nitriles is 1. The molecule has 3 fully saturated rings. The number of nitrogens with one attached hydrogen (secondary N) is 2. The van der Waals surface area contributed by atoms with Gasteiger partial charge in [0.2, 0.25) is 5.95 Å². The Bertz CT molecular complexity index is 1100. The lowest BCUT2D eigenvalue weighted by Gasteiger charge is -2.51. The minimum atomic E-state index is -4.79. The first kappa shape index (κ1) is 24.6. The topological polar surface area (TPSA) is 101 Å². The average molecular weight is 504 g/mol. The van der Waals surface area contributed by atoms with E-state index < -0.39 is 12.1 Å². The summed E-state index contributed by atoms with van der Waals surface area (Å²) in [5.41, 5.74) is 0.604. The standard InChI is InChI=1S/C25H28F3N5O3/c26-25(27,28)36-21-7-2-1-4-17(21)14-31-23-32-15-18(12-29)22(33-23)30-13-16-10-19-5-3-6-20(11-16)24(19)34-8-9-35-24/h1-2,4,7,15-16,19-20H,3,5-6,8-11,13-14H2,(H2,30,31,32,33)/t16?,19-,20+. The van der Waals surface area contributed by atoms with Gasteiger partial charge in [0.1, 0.15) is 23.2 Å². The highest BCUT2D eigenvalue weighted by molar-refractivity contribution is 5.53. The largest absolute Gasteiger partial charge is 0.573 e. The van der Waals surface area contributed by atoms with Crippen molar-refractivity contribution in [1.29, 1.82) is 5.26 Å². The van der Waals surface area contributed by atoms with Crippen LogP contribution in [-0.2, 0) is 16.0 Å². The molecule has 2 aromatic rings. The number of ether oxygens (including phenoxy) is 3. The summed E-state index contributed by atoms with van der Waals surface area (Å²) in [4.78, 5) is 8.56. The van der Waals surface area contributed by atoms with Crippen molar-refractivity contribution in [3.8, 4) is 11.8 Å². The van der Waals surface area contributed by atoms with Crippen LogP contribution in [0, 0.1) is 29.1 Å². The van der Waals surface area contributed by atoms with E-state index in [2.05, 4.69) is 31.4 Å². The van der Waals surface area contributed by atoms with Gasteiger partial charge in [-0.25, -0.2) is 4.98 Å². The van der Waals surface area contributed by atoms with Gasteiger partial charge >= 0.3 is 6.36 Å². The van der Waals surface area contributed by atoms with Crippen LogP contribution in [0.3, 0.4) is 0 Å². The summed E-state index contributed by atoms with van der Waals surface area (Å²) in [6.45, 7) is 1.98. The van der Waals surface area contributed by atoms with Gasteiger partial charge in [-0.2, -0.15) is 10.2 Å². The normalized spacial score (nSPS) is 24.8. The summed E-state index contributed by atoms with van der Waals surface area (Å²) < 4.78 is 54.4. The zero-order valence-corrected chi connectivity index (χ0v) is 19.7. The van der Waals surface area contributed by atoms with E-state index in [0.717, 1.165) is 25.7 Å². The molecule has 3 atom stereocenters.